The van der Waals surface area contributed by atoms with Gasteiger partial charge in [-0.1, -0.05) is 0 Å². The van der Waals surface area contributed by atoms with Crippen molar-refractivity contribution in [2.45, 2.75) is 24.6 Å². The molecule has 0 radical (unpaired) electrons. The lowest BCUT2D eigenvalue weighted by Gasteiger charge is -2.09. The van der Waals surface area contributed by atoms with Gasteiger partial charge in [-0.2, -0.15) is 0 Å². The first-order chi connectivity index (χ1) is 4.66. The van der Waals surface area contributed by atoms with Crippen molar-refractivity contribution >= 4 is 0 Å². The maximum atomic E-state index is 8.93. The van der Waals surface area contributed by atoms with E-state index in [0.717, 1.165) is 0 Å². The van der Waals surface area contributed by atoms with Crippen LogP contribution in [0, 0.1) is 0 Å². The molecule has 1 fully saturated rings. The van der Waals surface area contributed by atoms with Crippen LogP contribution < -0.4 is 0 Å². The average Bonchev–Trinajstić information content (AvgIpc) is 2.17. The average molecular weight is 150 g/mol. The highest BCUT2D eigenvalue weighted by Gasteiger charge is 2.41. The van der Waals surface area contributed by atoms with Gasteiger partial charge in [0.05, 0.1) is 6.61 Å². The second-order valence-electron chi connectivity index (χ2n) is 2.23. The molecule has 4 atom stereocenters. The van der Waals surface area contributed by atoms with Crippen molar-refractivity contribution in [1.82, 2.24) is 0 Å². The van der Waals surface area contributed by atoms with Gasteiger partial charge in [-0.25, -0.2) is 0 Å². The van der Waals surface area contributed by atoms with Gasteiger partial charge in [-0.05, 0) is 0 Å². The van der Waals surface area contributed by atoms with Crippen molar-refractivity contribution < 1.29 is 25.2 Å². The predicted octanol–water partition coefficient (Wildman–Crippen LogP) is -2.58. The smallest absolute Gasteiger partial charge is 0.184 e. The monoisotopic (exact) mass is 150 g/mol. The van der Waals surface area contributed by atoms with Crippen LogP contribution in [0.2, 0.25) is 0 Å². The van der Waals surface area contributed by atoms with Gasteiger partial charge in [0.2, 0.25) is 0 Å². The van der Waals surface area contributed by atoms with Crippen LogP contribution in [-0.2, 0) is 4.74 Å². The van der Waals surface area contributed by atoms with Crippen molar-refractivity contribution in [2.24, 2.45) is 0 Å². The van der Waals surface area contributed by atoms with Crippen LogP contribution >= 0.6 is 0 Å². The molecule has 4 N–H and O–H groups in total. The van der Waals surface area contributed by atoms with E-state index in [1.54, 1.807) is 0 Å². The zero-order valence-electron chi connectivity index (χ0n) is 5.21. The van der Waals surface area contributed by atoms with Crippen LogP contribution in [-0.4, -0.2) is 51.6 Å². The summed E-state index contributed by atoms with van der Waals surface area (Å²) >= 11 is 0. The number of hydrogen-bond donors (Lipinski definition) is 4. The lowest BCUT2D eigenvalue weighted by Crippen LogP contribution is -2.33. The lowest BCUT2D eigenvalue weighted by atomic mass is 10.1. The van der Waals surface area contributed by atoms with Crippen LogP contribution in [0.25, 0.3) is 0 Å². The Kier molecular flexibility index (Phi) is 2.22. The zero-order chi connectivity index (χ0) is 7.72. The Bertz CT molecular complexity index is 117. The van der Waals surface area contributed by atoms with Crippen molar-refractivity contribution in [3.8, 4) is 0 Å². The van der Waals surface area contributed by atoms with Crippen LogP contribution in [0.1, 0.15) is 0 Å². The molecule has 1 heterocycles. The molecule has 60 valence electrons. The van der Waals surface area contributed by atoms with Crippen molar-refractivity contribution in [3.05, 3.63) is 0 Å². The fourth-order valence-electron chi connectivity index (χ4n) is 0.880. The van der Waals surface area contributed by atoms with Gasteiger partial charge in [-0.3, -0.25) is 0 Å². The Balaban J connectivity index is 2.53. The molecule has 1 aliphatic heterocycles. The van der Waals surface area contributed by atoms with Gasteiger partial charge in [0.1, 0.15) is 18.3 Å². The van der Waals surface area contributed by atoms with Gasteiger partial charge in [0.25, 0.3) is 0 Å². The van der Waals surface area contributed by atoms with E-state index in [1.165, 1.54) is 0 Å². The highest BCUT2D eigenvalue weighted by molar-refractivity contribution is 4.84. The van der Waals surface area contributed by atoms with Crippen LogP contribution in [0.3, 0.4) is 0 Å². The first-order valence-electron chi connectivity index (χ1n) is 2.97. The van der Waals surface area contributed by atoms with Crippen LogP contribution in [0.4, 0.5) is 0 Å². The first-order valence-corrected chi connectivity index (χ1v) is 2.97. The zero-order valence-corrected chi connectivity index (χ0v) is 5.21. The van der Waals surface area contributed by atoms with Crippen LogP contribution in [0.15, 0.2) is 0 Å². The van der Waals surface area contributed by atoms with E-state index in [4.69, 9.17) is 20.4 Å². The molecule has 0 bridgehead atoms. The molecule has 1 rings (SSSR count). The standard InChI is InChI=1S/C5H10O5/c6-1-2-3(7)4(8)5(9)10-2/h2-9H,1H2/t2-,3-,4-,5-/m0/s1. The van der Waals surface area contributed by atoms with Crippen LogP contribution in [0.5, 0.6) is 0 Å². The molecule has 0 spiro atoms. The molecule has 0 aliphatic carbocycles. The fraction of sp³-hybridized carbons (Fsp3) is 1.00. The van der Waals surface area contributed by atoms with E-state index in [2.05, 4.69) is 4.74 Å². The van der Waals surface area contributed by atoms with Crippen molar-refractivity contribution in [3.63, 3.8) is 0 Å². The van der Waals surface area contributed by atoms with Gasteiger partial charge in [0, 0.05) is 0 Å². The molecule has 0 amide bonds. The van der Waals surface area contributed by atoms with E-state index in [-0.39, 0.29) is 0 Å². The third-order valence-electron chi connectivity index (χ3n) is 1.52. The normalized spacial score (nSPS) is 48.0. The number of ether oxygens (including phenoxy) is 1. The summed E-state index contributed by atoms with van der Waals surface area (Å²) in [6, 6.07) is 0. The van der Waals surface area contributed by atoms with Gasteiger partial charge in [-0.15, -0.1) is 0 Å². The molecule has 5 heteroatoms. The number of aliphatic hydroxyl groups excluding tert-OH is 4. The largest absolute Gasteiger partial charge is 0.394 e. The third-order valence-corrected chi connectivity index (χ3v) is 1.52. The third kappa shape index (κ3) is 1.14. The maximum absolute atomic E-state index is 8.93. The summed E-state index contributed by atoms with van der Waals surface area (Å²) in [5.41, 5.74) is 0. The lowest BCUT2D eigenvalue weighted by molar-refractivity contribution is -0.132. The molecule has 0 saturated carbocycles. The molecule has 10 heavy (non-hydrogen) atoms. The topological polar surface area (TPSA) is 90.2 Å². The van der Waals surface area contributed by atoms with E-state index in [9.17, 15) is 0 Å². The molecule has 0 aromatic rings. The minimum atomic E-state index is -1.38. The Morgan fingerprint density at radius 1 is 1.10 bits per heavy atom. The number of aliphatic hydroxyl groups is 4. The minimum Gasteiger partial charge on any atom is -0.394 e. The molecule has 0 aromatic heterocycles. The van der Waals surface area contributed by atoms with E-state index in [1.807, 2.05) is 0 Å². The van der Waals surface area contributed by atoms with Crippen molar-refractivity contribution in [1.29, 1.82) is 0 Å². The molecule has 0 unspecified atom stereocenters. The molecular formula is C5H10O5. The quantitative estimate of drug-likeness (QED) is 0.329. The van der Waals surface area contributed by atoms with E-state index < -0.39 is 31.2 Å². The van der Waals surface area contributed by atoms with Crippen molar-refractivity contribution in [2.75, 3.05) is 6.61 Å². The Hall–Kier alpha value is -0.200. The molecule has 0 aromatic carbocycles. The summed E-state index contributed by atoms with van der Waals surface area (Å²) in [7, 11) is 0. The second-order valence-corrected chi connectivity index (χ2v) is 2.23. The first kappa shape index (κ1) is 7.90. The number of hydrogen-bond acceptors (Lipinski definition) is 5. The summed E-state index contributed by atoms with van der Waals surface area (Å²) in [4.78, 5) is 0. The predicted molar refractivity (Wildman–Crippen MR) is 30.0 cm³/mol. The molecule has 1 aliphatic rings. The Labute approximate surface area is 57.5 Å². The summed E-state index contributed by atoms with van der Waals surface area (Å²) in [6.07, 6.45) is -4.76. The Morgan fingerprint density at radius 3 is 1.90 bits per heavy atom. The Morgan fingerprint density at radius 2 is 1.70 bits per heavy atom. The summed E-state index contributed by atoms with van der Waals surface area (Å²) < 4.78 is 4.54. The maximum Gasteiger partial charge on any atom is 0.184 e. The molecule has 5 nitrogen and oxygen atoms in total. The molecular weight excluding hydrogens is 140 g/mol. The van der Waals surface area contributed by atoms with Gasteiger partial charge >= 0.3 is 0 Å². The summed E-state index contributed by atoms with van der Waals surface area (Å²) in [5.74, 6) is 0. The summed E-state index contributed by atoms with van der Waals surface area (Å²) in [5, 5.41) is 35.0. The SMILES string of the molecule is OC[C@@H]1O[C@H](O)[C@@H](O)[C@H]1O. The second kappa shape index (κ2) is 2.81. The fourth-order valence-corrected chi connectivity index (χ4v) is 0.880. The number of rotatable bonds is 1. The summed E-state index contributed by atoms with van der Waals surface area (Å²) in [6.45, 7) is -0.407. The van der Waals surface area contributed by atoms with Gasteiger partial charge < -0.3 is 25.2 Å². The van der Waals surface area contributed by atoms with E-state index in [0.29, 0.717) is 0 Å². The van der Waals surface area contributed by atoms with Gasteiger partial charge in [0.15, 0.2) is 6.29 Å². The molecule has 1 saturated heterocycles. The highest BCUT2D eigenvalue weighted by atomic mass is 16.6. The van der Waals surface area contributed by atoms with E-state index >= 15 is 0 Å². The minimum absolute atomic E-state index is 0.407. The highest BCUT2D eigenvalue weighted by Crippen LogP contribution is 2.18.